The average Bonchev–Trinajstić information content (AvgIpc) is 2.81. The van der Waals surface area contributed by atoms with Gasteiger partial charge in [0.25, 0.3) is 0 Å². The Balaban J connectivity index is 3.89. The molecule has 0 saturated heterocycles. The molecule has 0 saturated carbocycles. The molecule has 2 unspecified atom stereocenters. The Morgan fingerprint density at radius 2 is 0.647 bits per heavy atom. The summed E-state index contributed by atoms with van der Waals surface area (Å²) in [6, 6.07) is 0. The fourth-order valence-corrected chi connectivity index (χ4v) is 4.94. The second-order valence-electron chi connectivity index (χ2n) is 10.6. The number of carbonyl (C=O) groups is 2. The van der Waals surface area contributed by atoms with Crippen LogP contribution in [-0.4, -0.2) is 22.2 Å². The Bertz CT molecular complexity index is 421. The third kappa shape index (κ3) is 21.5. The fourth-order valence-electron chi connectivity index (χ4n) is 4.94. The van der Waals surface area contributed by atoms with Crippen LogP contribution in [0.2, 0.25) is 0 Å². The van der Waals surface area contributed by atoms with E-state index < -0.39 is 11.9 Å². The molecule has 0 aromatic carbocycles. The number of unbranched alkanes of at least 4 members (excludes halogenated alkanes) is 18. The van der Waals surface area contributed by atoms with Crippen molar-refractivity contribution in [2.45, 2.75) is 168 Å². The first kappa shape index (κ1) is 32.9. The van der Waals surface area contributed by atoms with E-state index in [1.165, 1.54) is 103 Å². The highest BCUT2D eigenvalue weighted by atomic mass is 16.4. The number of aliphatic carboxylic acids is 2. The summed E-state index contributed by atoms with van der Waals surface area (Å²) in [4.78, 5) is 23.3. The fraction of sp³-hybridized carbons (Fsp3) is 0.933. The van der Waals surface area contributed by atoms with E-state index in [4.69, 9.17) is 0 Å². The van der Waals surface area contributed by atoms with Crippen LogP contribution in [0.3, 0.4) is 0 Å². The summed E-state index contributed by atoms with van der Waals surface area (Å²) in [6.07, 6.45) is 27.3. The minimum atomic E-state index is -0.751. The molecule has 0 heterocycles. The lowest BCUT2D eigenvalue weighted by molar-refractivity contribution is -0.145. The predicted molar refractivity (Wildman–Crippen MR) is 144 cm³/mol. The van der Waals surface area contributed by atoms with Crippen molar-refractivity contribution >= 4 is 11.9 Å². The van der Waals surface area contributed by atoms with E-state index in [0.29, 0.717) is 25.7 Å². The van der Waals surface area contributed by atoms with Gasteiger partial charge in [-0.3, -0.25) is 9.59 Å². The van der Waals surface area contributed by atoms with Crippen molar-refractivity contribution in [1.29, 1.82) is 0 Å². The summed E-state index contributed by atoms with van der Waals surface area (Å²) >= 11 is 0. The largest absolute Gasteiger partial charge is 0.481 e. The number of rotatable bonds is 27. The smallest absolute Gasteiger partial charge is 0.306 e. The van der Waals surface area contributed by atoms with Crippen molar-refractivity contribution in [2.24, 2.45) is 11.8 Å². The van der Waals surface area contributed by atoms with Crippen molar-refractivity contribution in [3.05, 3.63) is 0 Å². The van der Waals surface area contributed by atoms with Gasteiger partial charge in [-0.05, 0) is 25.7 Å². The summed E-state index contributed by atoms with van der Waals surface area (Å²) in [5.74, 6) is -2.27. The quantitative estimate of drug-likeness (QED) is 0.114. The zero-order chi connectivity index (χ0) is 25.3. The lowest BCUT2D eigenvalue weighted by Crippen LogP contribution is -2.19. The number of hydrogen-bond donors (Lipinski definition) is 2. The monoisotopic (exact) mass is 482 g/mol. The van der Waals surface area contributed by atoms with E-state index >= 15 is 0 Å². The highest BCUT2D eigenvalue weighted by molar-refractivity contribution is 5.71. The molecule has 2 atom stereocenters. The Morgan fingerprint density at radius 3 is 0.882 bits per heavy atom. The van der Waals surface area contributed by atoms with Gasteiger partial charge in [0.1, 0.15) is 0 Å². The molecule has 0 aromatic rings. The first-order valence-corrected chi connectivity index (χ1v) is 15.0. The molecule has 0 amide bonds. The predicted octanol–water partition coefficient (Wildman–Crippen LogP) is 9.79. The zero-order valence-corrected chi connectivity index (χ0v) is 22.8. The van der Waals surface area contributed by atoms with Crippen molar-refractivity contribution in [1.82, 2.24) is 0 Å². The average molecular weight is 483 g/mol. The van der Waals surface area contributed by atoms with Gasteiger partial charge in [0, 0.05) is 0 Å². The molecule has 0 aromatic heterocycles. The minimum absolute atomic E-state index is 0.386. The maximum atomic E-state index is 11.7. The molecule has 0 aliphatic heterocycles. The van der Waals surface area contributed by atoms with Crippen LogP contribution >= 0.6 is 0 Å². The lowest BCUT2D eigenvalue weighted by atomic mass is 9.89. The van der Waals surface area contributed by atoms with Gasteiger partial charge >= 0.3 is 11.9 Å². The standard InChI is InChI=1S/C30H58O4/c1-3-5-7-9-11-13-15-17-19-21-23-27(29(31)32)25-26-28(30(33)34)24-22-20-18-16-14-12-10-8-6-4-2/h27-28H,3-26H2,1-2H3,(H,31,32)(H,33,34). The van der Waals surface area contributed by atoms with Gasteiger partial charge in [0.2, 0.25) is 0 Å². The van der Waals surface area contributed by atoms with Gasteiger partial charge < -0.3 is 10.2 Å². The molecule has 0 bridgehead atoms. The Kier molecular flexibility index (Phi) is 24.3. The van der Waals surface area contributed by atoms with Crippen LogP contribution in [0.5, 0.6) is 0 Å². The van der Waals surface area contributed by atoms with Crippen LogP contribution in [0, 0.1) is 11.8 Å². The normalized spacial score (nSPS) is 13.1. The molecular formula is C30H58O4. The third-order valence-electron chi connectivity index (χ3n) is 7.37. The highest BCUT2D eigenvalue weighted by Gasteiger charge is 2.22. The van der Waals surface area contributed by atoms with Gasteiger partial charge in [-0.1, -0.05) is 142 Å². The van der Waals surface area contributed by atoms with Crippen LogP contribution in [0.25, 0.3) is 0 Å². The summed E-state index contributed by atoms with van der Waals surface area (Å²) in [6.45, 7) is 4.48. The van der Waals surface area contributed by atoms with E-state index in [2.05, 4.69) is 13.8 Å². The molecular weight excluding hydrogens is 424 g/mol. The second-order valence-corrected chi connectivity index (χ2v) is 10.6. The minimum Gasteiger partial charge on any atom is -0.481 e. The molecule has 4 heteroatoms. The lowest BCUT2D eigenvalue weighted by Gasteiger charge is -2.16. The van der Waals surface area contributed by atoms with Crippen LogP contribution in [-0.2, 0) is 9.59 Å². The van der Waals surface area contributed by atoms with Gasteiger partial charge in [-0.25, -0.2) is 0 Å². The first-order chi connectivity index (χ1) is 16.5. The van der Waals surface area contributed by atoms with Crippen LogP contribution in [0.4, 0.5) is 0 Å². The Morgan fingerprint density at radius 1 is 0.412 bits per heavy atom. The van der Waals surface area contributed by atoms with Crippen LogP contribution < -0.4 is 0 Å². The molecule has 0 aliphatic rings. The van der Waals surface area contributed by atoms with Crippen molar-refractivity contribution in [2.75, 3.05) is 0 Å². The second kappa shape index (κ2) is 25.0. The summed E-state index contributed by atoms with van der Waals surface area (Å²) < 4.78 is 0. The van der Waals surface area contributed by atoms with Crippen LogP contribution in [0.1, 0.15) is 168 Å². The van der Waals surface area contributed by atoms with Crippen molar-refractivity contribution in [3.8, 4) is 0 Å². The van der Waals surface area contributed by atoms with Gasteiger partial charge in [-0.15, -0.1) is 0 Å². The maximum Gasteiger partial charge on any atom is 0.306 e. The number of hydrogen-bond acceptors (Lipinski definition) is 2. The van der Waals surface area contributed by atoms with Crippen LogP contribution in [0.15, 0.2) is 0 Å². The molecule has 0 fully saturated rings. The SMILES string of the molecule is CCCCCCCCCCCCC(CCC(CCCCCCCCCCCC)C(=O)O)C(=O)O. The third-order valence-corrected chi connectivity index (χ3v) is 7.37. The van der Waals surface area contributed by atoms with Crippen molar-refractivity contribution < 1.29 is 19.8 Å². The first-order valence-electron chi connectivity index (χ1n) is 15.0. The molecule has 4 nitrogen and oxygen atoms in total. The molecule has 2 N–H and O–H groups in total. The zero-order valence-electron chi connectivity index (χ0n) is 22.8. The van der Waals surface area contributed by atoms with E-state index in [-0.39, 0.29) is 11.8 Å². The number of carboxylic acids is 2. The molecule has 0 spiro atoms. The van der Waals surface area contributed by atoms with E-state index in [1.807, 2.05) is 0 Å². The molecule has 0 rings (SSSR count). The van der Waals surface area contributed by atoms with E-state index in [1.54, 1.807) is 0 Å². The Labute approximate surface area is 211 Å². The topological polar surface area (TPSA) is 74.6 Å². The Hall–Kier alpha value is -1.06. The summed E-state index contributed by atoms with van der Waals surface area (Å²) in [7, 11) is 0. The van der Waals surface area contributed by atoms with E-state index in [9.17, 15) is 19.8 Å². The summed E-state index contributed by atoms with van der Waals surface area (Å²) in [5, 5.41) is 19.2. The van der Waals surface area contributed by atoms with Gasteiger partial charge in [0.15, 0.2) is 0 Å². The van der Waals surface area contributed by atoms with Crippen molar-refractivity contribution in [3.63, 3.8) is 0 Å². The number of carboxylic acid groups (broad SMARTS) is 2. The molecule has 34 heavy (non-hydrogen) atoms. The maximum absolute atomic E-state index is 11.7. The molecule has 0 aliphatic carbocycles. The molecule has 202 valence electrons. The summed E-state index contributed by atoms with van der Waals surface area (Å²) in [5.41, 5.74) is 0. The molecule has 0 radical (unpaired) electrons. The highest BCUT2D eigenvalue weighted by Crippen LogP contribution is 2.24. The van der Waals surface area contributed by atoms with Gasteiger partial charge in [-0.2, -0.15) is 0 Å². The van der Waals surface area contributed by atoms with E-state index in [0.717, 1.165) is 25.7 Å². The van der Waals surface area contributed by atoms with Gasteiger partial charge in [0.05, 0.1) is 11.8 Å².